The molecule has 0 radical (unpaired) electrons. The van der Waals surface area contributed by atoms with E-state index in [1.807, 2.05) is 6.07 Å². The topological polar surface area (TPSA) is 43.4 Å². The Morgan fingerprint density at radius 1 is 0.902 bits per heavy atom. The highest BCUT2D eigenvalue weighted by molar-refractivity contribution is 6.04. The molecule has 222 valence electrons. The number of benzene rings is 1. The third-order valence-electron chi connectivity index (χ3n) is 14.4. The van der Waals surface area contributed by atoms with Crippen molar-refractivity contribution in [3.8, 4) is 0 Å². The van der Waals surface area contributed by atoms with Crippen molar-refractivity contribution >= 4 is 17.8 Å². The minimum atomic E-state index is -0.365. The summed E-state index contributed by atoms with van der Waals surface area (Å²) >= 11 is 0. The third-order valence-corrected chi connectivity index (χ3v) is 14.4. The summed E-state index contributed by atoms with van der Waals surface area (Å²) in [6, 6.07) is 10.4. The molecule has 3 heteroatoms. The molecule has 0 aliphatic heterocycles. The first-order valence-corrected chi connectivity index (χ1v) is 16.3. The van der Waals surface area contributed by atoms with E-state index >= 15 is 0 Å². The number of allylic oxidation sites excluding steroid dienone is 2. The SMILES string of the molecule is C=C(C)[C@@H]1CC[C@]2(C(=O)OC)CC[C@]3(C)[C@H](CC[C@@H]4[C@@]5(C)C/C(=C\c6ccccc6)C(=O)C(C)(C)[C@@H]5CC[C@]43C)[C@H]12. The van der Waals surface area contributed by atoms with Gasteiger partial charge in [-0.2, -0.15) is 0 Å². The number of ether oxygens (including phenoxy) is 1. The highest BCUT2D eigenvalue weighted by Gasteiger charge is 2.72. The zero-order chi connectivity index (χ0) is 29.6. The van der Waals surface area contributed by atoms with Crippen LogP contribution in [-0.4, -0.2) is 18.9 Å². The molecule has 0 amide bonds. The summed E-state index contributed by atoms with van der Waals surface area (Å²) in [4.78, 5) is 27.5. The van der Waals surface area contributed by atoms with Crippen molar-refractivity contribution in [1.29, 1.82) is 0 Å². The Bertz CT molecular complexity index is 1290. The summed E-state index contributed by atoms with van der Waals surface area (Å²) in [6.45, 7) is 18.9. The van der Waals surface area contributed by atoms with Crippen molar-refractivity contribution < 1.29 is 14.3 Å². The standard InChI is InChI=1S/C38H52O3/c1-24(2)27-16-19-38(33(40)41-8)21-20-36(6)28(31(27)38)14-15-30-35(5)23-26(22-25-12-10-9-11-13-25)32(39)34(3,4)29(35)17-18-37(30,36)7/h9-13,22,27-31H,1,14-21,23H2,2-8H3/b26-22+/t27-,28+,29-,30+,31-,35-,36+,37+,38-/m0/s1. The van der Waals surface area contributed by atoms with Gasteiger partial charge in [-0.05, 0) is 128 Å². The Morgan fingerprint density at radius 2 is 1.61 bits per heavy atom. The number of carbonyl (C=O) groups is 2. The summed E-state index contributed by atoms with van der Waals surface area (Å²) in [5.41, 5.74) is 3.06. The van der Waals surface area contributed by atoms with Gasteiger partial charge in [-0.15, -0.1) is 0 Å². The largest absolute Gasteiger partial charge is 0.469 e. The predicted octanol–water partition coefficient (Wildman–Crippen LogP) is 9.08. The monoisotopic (exact) mass is 556 g/mol. The number of methoxy groups -OCH3 is 1. The van der Waals surface area contributed by atoms with Gasteiger partial charge in [0.15, 0.2) is 5.78 Å². The summed E-state index contributed by atoms with van der Waals surface area (Å²) < 4.78 is 5.54. The van der Waals surface area contributed by atoms with E-state index in [1.54, 1.807) is 7.11 Å². The van der Waals surface area contributed by atoms with Gasteiger partial charge >= 0.3 is 5.97 Å². The Hall–Kier alpha value is -2.16. The second-order valence-electron chi connectivity index (χ2n) is 16.1. The Kier molecular flexibility index (Phi) is 6.65. The average molecular weight is 557 g/mol. The fraction of sp³-hybridized carbons (Fsp3) is 0.684. The van der Waals surface area contributed by atoms with Crippen LogP contribution in [0.2, 0.25) is 0 Å². The lowest BCUT2D eigenvalue weighted by Crippen LogP contribution is -2.67. The molecule has 0 saturated heterocycles. The van der Waals surface area contributed by atoms with Crippen molar-refractivity contribution in [2.24, 2.45) is 56.7 Å². The van der Waals surface area contributed by atoms with Gasteiger partial charge in [0, 0.05) is 5.41 Å². The fourth-order valence-electron chi connectivity index (χ4n) is 12.4. The average Bonchev–Trinajstić information content (AvgIpc) is 3.33. The van der Waals surface area contributed by atoms with E-state index in [0.29, 0.717) is 35.4 Å². The maximum atomic E-state index is 14.0. The van der Waals surface area contributed by atoms with Gasteiger partial charge in [-0.1, -0.05) is 77.1 Å². The summed E-state index contributed by atoms with van der Waals surface area (Å²) in [5, 5.41) is 0. The van der Waals surface area contributed by atoms with Crippen LogP contribution in [0.3, 0.4) is 0 Å². The Labute approximate surface area is 248 Å². The lowest BCUT2D eigenvalue weighted by Gasteiger charge is -2.72. The van der Waals surface area contributed by atoms with E-state index in [0.717, 1.165) is 49.7 Å². The van der Waals surface area contributed by atoms with Crippen LogP contribution in [0, 0.1) is 56.7 Å². The molecule has 5 aliphatic carbocycles. The normalized spacial score (nSPS) is 45.7. The number of carbonyl (C=O) groups excluding carboxylic acids is 2. The number of ketones is 1. The summed E-state index contributed by atoms with van der Waals surface area (Å²) in [7, 11) is 1.59. The van der Waals surface area contributed by atoms with E-state index in [9.17, 15) is 9.59 Å². The van der Waals surface area contributed by atoms with Crippen molar-refractivity contribution in [2.45, 2.75) is 99.3 Å². The van der Waals surface area contributed by atoms with Gasteiger partial charge in [-0.25, -0.2) is 0 Å². The van der Waals surface area contributed by atoms with Crippen LogP contribution in [0.4, 0.5) is 0 Å². The minimum Gasteiger partial charge on any atom is -0.469 e. The van der Waals surface area contributed by atoms with Crippen LogP contribution in [-0.2, 0) is 14.3 Å². The zero-order valence-electron chi connectivity index (χ0n) is 26.6. The molecule has 1 aromatic carbocycles. The van der Waals surface area contributed by atoms with E-state index in [1.165, 1.54) is 24.8 Å². The summed E-state index contributed by atoms with van der Waals surface area (Å²) in [6.07, 6.45) is 11.7. The van der Waals surface area contributed by atoms with Crippen molar-refractivity contribution in [2.75, 3.05) is 7.11 Å². The van der Waals surface area contributed by atoms with Crippen LogP contribution in [0.15, 0.2) is 48.1 Å². The Morgan fingerprint density at radius 3 is 2.27 bits per heavy atom. The molecule has 0 heterocycles. The quantitative estimate of drug-likeness (QED) is 0.212. The highest BCUT2D eigenvalue weighted by Crippen LogP contribution is 2.77. The first-order chi connectivity index (χ1) is 19.3. The summed E-state index contributed by atoms with van der Waals surface area (Å²) in [5.74, 6) is 2.55. The van der Waals surface area contributed by atoms with Gasteiger partial charge < -0.3 is 4.74 Å². The number of hydrogen-bond acceptors (Lipinski definition) is 3. The molecule has 9 atom stereocenters. The molecule has 0 bridgehead atoms. The highest BCUT2D eigenvalue weighted by atomic mass is 16.5. The van der Waals surface area contributed by atoms with E-state index < -0.39 is 0 Å². The number of rotatable bonds is 3. The molecule has 5 fully saturated rings. The smallest absolute Gasteiger partial charge is 0.312 e. The van der Waals surface area contributed by atoms with Crippen LogP contribution in [0.1, 0.15) is 105 Å². The number of fused-ring (bicyclic) bond motifs is 7. The van der Waals surface area contributed by atoms with Crippen LogP contribution in [0.25, 0.3) is 6.08 Å². The van der Waals surface area contributed by atoms with Crippen LogP contribution in [0.5, 0.6) is 0 Å². The van der Waals surface area contributed by atoms with Crippen LogP contribution >= 0.6 is 0 Å². The molecule has 5 aliphatic rings. The molecule has 0 aromatic heterocycles. The minimum absolute atomic E-state index is 0.0273. The third kappa shape index (κ3) is 3.75. The molecule has 0 unspecified atom stereocenters. The fourth-order valence-corrected chi connectivity index (χ4v) is 12.4. The van der Waals surface area contributed by atoms with E-state index in [4.69, 9.17) is 4.74 Å². The molecule has 6 rings (SSSR count). The lowest BCUT2D eigenvalue weighted by atomic mass is 9.32. The molecule has 5 saturated carbocycles. The molecule has 1 aromatic rings. The lowest BCUT2D eigenvalue weighted by molar-refractivity contribution is -0.232. The molecule has 0 spiro atoms. The van der Waals surface area contributed by atoms with E-state index in [2.05, 4.69) is 78.5 Å². The second-order valence-corrected chi connectivity index (χ2v) is 16.1. The van der Waals surface area contributed by atoms with Gasteiger partial charge in [0.2, 0.25) is 0 Å². The molecule has 0 N–H and O–H groups in total. The second kappa shape index (κ2) is 9.42. The predicted molar refractivity (Wildman–Crippen MR) is 166 cm³/mol. The van der Waals surface area contributed by atoms with Gasteiger partial charge in [0.25, 0.3) is 0 Å². The molecule has 41 heavy (non-hydrogen) atoms. The van der Waals surface area contributed by atoms with Crippen molar-refractivity contribution in [3.05, 3.63) is 53.6 Å². The van der Waals surface area contributed by atoms with Gasteiger partial charge in [0.05, 0.1) is 12.5 Å². The van der Waals surface area contributed by atoms with Crippen molar-refractivity contribution in [3.63, 3.8) is 0 Å². The molecular formula is C38H52O3. The number of Topliss-reactive ketones (excluding diaryl/α,β-unsaturated/α-hetero) is 1. The van der Waals surface area contributed by atoms with Crippen molar-refractivity contribution in [1.82, 2.24) is 0 Å². The maximum absolute atomic E-state index is 14.0. The molecule has 3 nitrogen and oxygen atoms in total. The first-order valence-electron chi connectivity index (χ1n) is 16.3. The molecular weight excluding hydrogens is 504 g/mol. The zero-order valence-corrected chi connectivity index (χ0v) is 26.6. The maximum Gasteiger partial charge on any atom is 0.312 e. The Balaban J connectivity index is 1.42. The van der Waals surface area contributed by atoms with Crippen LogP contribution < -0.4 is 0 Å². The number of esters is 1. The van der Waals surface area contributed by atoms with E-state index in [-0.39, 0.29) is 33.0 Å². The van der Waals surface area contributed by atoms with Gasteiger partial charge in [-0.3, -0.25) is 9.59 Å². The first kappa shape index (κ1) is 28.9. The number of hydrogen-bond donors (Lipinski definition) is 0. The van der Waals surface area contributed by atoms with Gasteiger partial charge in [0.1, 0.15) is 0 Å².